The van der Waals surface area contributed by atoms with Gasteiger partial charge in [-0.15, -0.1) is 0 Å². The zero-order valence-corrected chi connectivity index (χ0v) is 14.0. The van der Waals surface area contributed by atoms with Crippen LogP contribution in [-0.4, -0.2) is 27.9 Å². The SMILES string of the molecule is COc1ccc([C@@H](O)/C(=N\N)c2nc3ccc(Cl)cc3[nH]c2=O)cc1. The molecule has 0 saturated heterocycles. The van der Waals surface area contributed by atoms with Crippen LogP contribution < -0.4 is 16.1 Å². The number of aliphatic hydroxyl groups excluding tert-OH is 1. The molecule has 0 spiro atoms. The van der Waals surface area contributed by atoms with E-state index < -0.39 is 11.7 Å². The number of ether oxygens (including phenoxy) is 1. The zero-order valence-electron chi connectivity index (χ0n) is 13.2. The fourth-order valence-corrected chi connectivity index (χ4v) is 2.61. The predicted octanol–water partition coefficient (Wildman–Crippen LogP) is 1.98. The van der Waals surface area contributed by atoms with E-state index in [-0.39, 0.29) is 11.4 Å². The maximum atomic E-state index is 12.4. The molecule has 1 atom stereocenters. The molecule has 25 heavy (non-hydrogen) atoms. The molecule has 1 aromatic heterocycles. The Bertz CT molecular complexity index is 999. The van der Waals surface area contributed by atoms with Crippen molar-refractivity contribution < 1.29 is 9.84 Å². The first-order valence-corrected chi connectivity index (χ1v) is 7.71. The van der Waals surface area contributed by atoms with E-state index >= 15 is 0 Å². The Morgan fingerprint density at radius 3 is 2.68 bits per heavy atom. The first-order chi connectivity index (χ1) is 12.0. The molecular formula is C17H15ClN4O3. The number of nitrogens with zero attached hydrogens (tertiary/aromatic N) is 2. The zero-order chi connectivity index (χ0) is 18.0. The van der Waals surface area contributed by atoms with Gasteiger partial charge < -0.3 is 20.7 Å². The van der Waals surface area contributed by atoms with Gasteiger partial charge in [0.05, 0.1) is 18.1 Å². The number of nitrogens with one attached hydrogen (secondary N) is 1. The largest absolute Gasteiger partial charge is 0.497 e. The quantitative estimate of drug-likeness (QED) is 0.375. The molecule has 0 unspecified atom stereocenters. The van der Waals surface area contributed by atoms with E-state index in [9.17, 15) is 9.90 Å². The third-order valence-corrected chi connectivity index (χ3v) is 3.96. The van der Waals surface area contributed by atoms with Crippen molar-refractivity contribution in [2.45, 2.75) is 6.10 Å². The summed E-state index contributed by atoms with van der Waals surface area (Å²) in [5.41, 5.74) is 0.872. The molecule has 0 saturated carbocycles. The second kappa shape index (κ2) is 6.92. The molecule has 0 amide bonds. The number of hydrogen-bond donors (Lipinski definition) is 3. The van der Waals surface area contributed by atoms with Crippen LogP contribution in [0.25, 0.3) is 11.0 Å². The Labute approximate surface area is 147 Å². The van der Waals surface area contributed by atoms with Crippen LogP contribution in [0, 0.1) is 0 Å². The number of hydrogen-bond acceptors (Lipinski definition) is 6. The summed E-state index contributed by atoms with van der Waals surface area (Å²) in [6.45, 7) is 0. The van der Waals surface area contributed by atoms with Crippen LogP contribution >= 0.6 is 11.6 Å². The predicted molar refractivity (Wildman–Crippen MR) is 96.1 cm³/mol. The summed E-state index contributed by atoms with van der Waals surface area (Å²) < 4.78 is 5.08. The average Bonchev–Trinajstić information content (AvgIpc) is 2.62. The van der Waals surface area contributed by atoms with Crippen molar-refractivity contribution >= 4 is 28.3 Å². The number of fused-ring (bicyclic) bond motifs is 1. The minimum absolute atomic E-state index is 0.0386. The van der Waals surface area contributed by atoms with Gasteiger partial charge in [-0.25, -0.2) is 4.98 Å². The van der Waals surface area contributed by atoms with E-state index in [1.54, 1.807) is 49.6 Å². The number of rotatable bonds is 4. The number of hydrazone groups is 1. The smallest absolute Gasteiger partial charge is 0.276 e. The Kier molecular flexibility index (Phi) is 4.69. The number of benzene rings is 2. The maximum Gasteiger partial charge on any atom is 0.276 e. The van der Waals surface area contributed by atoms with Crippen molar-refractivity contribution in [3.63, 3.8) is 0 Å². The highest BCUT2D eigenvalue weighted by molar-refractivity contribution is 6.31. The molecule has 2 aromatic carbocycles. The van der Waals surface area contributed by atoms with Crippen molar-refractivity contribution in [2.75, 3.05) is 7.11 Å². The van der Waals surface area contributed by atoms with Crippen LogP contribution in [0.4, 0.5) is 0 Å². The summed E-state index contributed by atoms with van der Waals surface area (Å²) in [6.07, 6.45) is -1.21. The lowest BCUT2D eigenvalue weighted by atomic mass is 10.0. The molecular weight excluding hydrogens is 344 g/mol. The molecule has 3 rings (SSSR count). The van der Waals surface area contributed by atoms with Gasteiger partial charge in [-0.2, -0.15) is 5.10 Å². The van der Waals surface area contributed by atoms with Gasteiger partial charge in [0, 0.05) is 5.02 Å². The summed E-state index contributed by atoms with van der Waals surface area (Å²) in [5, 5.41) is 14.6. The van der Waals surface area contributed by atoms with Crippen molar-refractivity contribution in [1.82, 2.24) is 9.97 Å². The molecule has 0 fully saturated rings. The fourth-order valence-electron chi connectivity index (χ4n) is 2.44. The van der Waals surface area contributed by atoms with Crippen LogP contribution in [0.15, 0.2) is 52.4 Å². The van der Waals surface area contributed by atoms with Crippen LogP contribution in [0.1, 0.15) is 17.4 Å². The first kappa shape index (κ1) is 16.9. The van der Waals surface area contributed by atoms with Gasteiger partial charge in [-0.1, -0.05) is 23.7 Å². The number of nitrogens with two attached hydrogens (primary N) is 1. The van der Waals surface area contributed by atoms with Crippen LogP contribution in [-0.2, 0) is 0 Å². The Balaban J connectivity index is 2.05. The minimum Gasteiger partial charge on any atom is -0.497 e. The van der Waals surface area contributed by atoms with Gasteiger partial charge in [-0.3, -0.25) is 4.79 Å². The van der Waals surface area contributed by atoms with Crippen molar-refractivity contribution in [3.05, 3.63) is 69.1 Å². The van der Waals surface area contributed by atoms with Crippen molar-refractivity contribution in [2.24, 2.45) is 10.9 Å². The Morgan fingerprint density at radius 2 is 2.04 bits per heavy atom. The van der Waals surface area contributed by atoms with Crippen LogP contribution in [0.3, 0.4) is 0 Å². The van der Waals surface area contributed by atoms with Gasteiger partial charge in [0.2, 0.25) is 0 Å². The lowest BCUT2D eigenvalue weighted by Gasteiger charge is -2.13. The van der Waals surface area contributed by atoms with Crippen LogP contribution in [0.2, 0.25) is 5.02 Å². The van der Waals surface area contributed by atoms with Gasteiger partial charge in [0.25, 0.3) is 5.56 Å². The molecule has 0 aliphatic rings. The van der Waals surface area contributed by atoms with E-state index in [0.29, 0.717) is 27.4 Å². The van der Waals surface area contributed by atoms with Crippen molar-refractivity contribution in [1.29, 1.82) is 0 Å². The molecule has 8 heteroatoms. The van der Waals surface area contributed by atoms with E-state index in [0.717, 1.165) is 0 Å². The molecule has 3 aromatic rings. The van der Waals surface area contributed by atoms with Crippen LogP contribution in [0.5, 0.6) is 5.75 Å². The number of aromatic amines is 1. The van der Waals surface area contributed by atoms with Gasteiger partial charge in [0.1, 0.15) is 17.6 Å². The fraction of sp³-hybridized carbons (Fsp3) is 0.118. The molecule has 7 nitrogen and oxygen atoms in total. The highest BCUT2D eigenvalue weighted by atomic mass is 35.5. The summed E-state index contributed by atoms with van der Waals surface area (Å²) in [5.74, 6) is 6.07. The van der Waals surface area contributed by atoms with Gasteiger partial charge in [-0.05, 0) is 35.9 Å². The molecule has 0 aliphatic heterocycles. The van der Waals surface area contributed by atoms with E-state index in [1.807, 2.05) is 0 Å². The second-order valence-electron chi connectivity index (χ2n) is 5.27. The molecule has 0 bridgehead atoms. The summed E-state index contributed by atoms with van der Waals surface area (Å²) in [4.78, 5) is 19.3. The monoisotopic (exact) mass is 358 g/mol. The minimum atomic E-state index is -1.21. The second-order valence-corrected chi connectivity index (χ2v) is 5.70. The molecule has 0 aliphatic carbocycles. The average molecular weight is 359 g/mol. The van der Waals surface area contributed by atoms with E-state index in [4.69, 9.17) is 22.2 Å². The number of H-pyrrole nitrogens is 1. The lowest BCUT2D eigenvalue weighted by molar-refractivity contribution is 0.247. The molecule has 128 valence electrons. The molecule has 1 heterocycles. The Hall–Kier alpha value is -2.90. The number of halogens is 1. The van der Waals surface area contributed by atoms with Gasteiger partial charge >= 0.3 is 0 Å². The van der Waals surface area contributed by atoms with Gasteiger partial charge in [0.15, 0.2) is 5.69 Å². The number of methoxy groups -OCH3 is 1. The highest BCUT2D eigenvalue weighted by Crippen LogP contribution is 2.21. The van der Waals surface area contributed by atoms with Crippen molar-refractivity contribution in [3.8, 4) is 5.75 Å². The van der Waals surface area contributed by atoms with E-state index in [1.165, 1.54) is 0 Å². The highest BCUT2D eigenvalue weighted by Gasteiger charge is 2.22. The third kappa shape index (κ3) is 3.33. The Morgan fingerprint density at radius 1 is 1.32 bits per heavy atom. The molecule has 4 N–H and O–H groups in total. The normalized spacial score (nSPS) is 13.0. The topological polar surface area (TPSA) is 114 Å². The summed E-state index contributed by atoms with van der Waals surface area (Å²) >= 11 is 5.91. The lowest BCUT2D eigenvalue weighted by Crippen LogP contribution is -2.26. The van der Waals surface area contributed by atoms with E-state index in [2.05, 4.69) is 15.1 Å². The molecule has 0 radical (unpaired) electrons. The summed E-state index contributed by atoms with van der Waals surface area (Å²) in [6, 6.07) is 11.6. The number of aromatic nitrogens is 2. The maximum absolute atomic E-state index is 12.4. The number of aliphatic hydroxyl groups is 1. The summed E-state index contributed by atoms with van der Waals surface area (Å²) in [7, 11) is 1.54. The standard InChI is InChI=1S/C17H15ClN4O3/c1-25-11-5-2-9(3-6-11)16(23)14(22-19)15-17(24)21-13-8-10(18)4-7-12(13)20-15/h2-8,16,23H,19H2,1H3,(H,21,24)/b22-14-/t16-/m1/s1. The third-order valence-electron chi connectivity index (χ3n) is 3.73. The first-order valence-electron chi connectivity index (χ1n) is 7.33.